The van der Waals surface area contributed by atoms with Gasteiger partial charge in [0.05, 0.1) is 18.4 Å². The van der Waals surface area contributed by atoms with Crippen molar-refractivity contribution in [2.45, 2.75) is 12.6 Å². The zero-order valence-electron chi connectivity index (χ0n) is 13.9. The molecule has 0 bridgehead atoms. The van der Waals surface area contributed by atoms with E-state index in [9.17, 15) is 9.59 Å². The van der Waals surface area contributed by atoms with Gasteiger partial charge in [0.2, 0.25) is 6.10 Å². The van der Waals surface area contributed by atoms with Gasteiger partial charge < -0.3 is 20.2 Å². The number of nitrogens with one attached hydrogen (secondary N) is 1. The fourth-order valence-electron chi connectivity index (χ4n) is 2.50. The molecule has 0 saturated heterocycles. The van der Waals surface area contributed by atoms with E-state index in [0.29, 0.717) is 23.4 Å². The van der Waals surface area contributed by atoms with Crippen molar-refractivity contribution in [2.24, 2.45) is 5.73 Å². The van der Waals surface area contributed by atoms with Crippen LogP contribution in [0, 0.1) is 0 Å². The summed E-state index contributed by atoms with van der Waals surface area (Å²) < 4.78 is 10.7. The molecule has 0 aliphatic carbocycles. The van der Waals surface area contributed by atoms with Crippen LogP contribution in [0.5, 0.6) is 0 Å². The molecule has 132 valence electrons. The van der Waals surface area contributed by atoms with Gasteiger partial charge in [0.1, 0.15) is 5.76 Å². The van der Waals surface area contributed by atoms with Crippen molar-refractivity contribution >= 4 is 17.6 Å². The van der Waals surface area contributed by atoms with E-state index in [0.717, 1.165) is 5.76 Å². The number of ether oxygens (including phenoxy) is 1. The molecular formula is C20H18N2O4. The van der Waals surface area contributed by atoms with Crippen LogP contribution in [-0.2, 0) is 16.1 Å². The van der Waals surface area contributed by atoms with Crippen molar-refractivity contribution in [3.8, 4) is 0 Å². The summed E-state index contributed by atoms with van der Waals surface area (Å²) in [5.41, 5.74) is 6.82. The van der Waals surface area contributed by atoms with Crippen molar-refractivity contribution in [3.05, 3.63) is 89.9 Å². The van der Waals surface area contributed by atoms with Gasteiger partial charge in [-0.1, -0.05) is 42.5 Å². The summed E-state index contributed by atoms with van der Waals surface area (Å²) in [6, 6.07) is 19.2. The van der Waals surface area contributed by atoms with Gasteiger partial charge in [0.25, 0.3) is 5.91 Å². The molecule has 3 N–H and O–H groups in total. The third-order valence-corrected chi connectivity index (χ3v) is 3.77. The van der Waals surface area contributed by atoms with Crippen molar-refractivity contribution in [1.82, 2.24) is 0 Å². The van der Waals surface area contributed by atoms with Crippen LogP contribution in [0.25, 0.3) is 0 Å². The number of amides is 1. The molecule has 2 aromatic carbocycles. The second-order valence-electron chi connectivity index (χ2n) is 5.58. The summed E-state index contributed by atoms with van der Waals surface area (Å²) in [5.74, 6) is -0.641. The Morgan fingerprint density at radius 3 is 2.42 bits per heavy atom. The summed E-state index contributed by atoms with van der Waals surface area (Å²) in [6.45, 7) is 0.412. The van der Waals surface area contributed by atoms with E-state index in [2.05, 4.69) is 5.32 Å². The van der Waals surface area contributed by atoms with E-state index in [-0.39, 0.29) is 0 Å². The number of esters is 1. The molecule has 0 spiro atoms. The molecular weight excluding hydrogens is 332 g/mol. The smallest absolute Gasteiger partial charge is 0.341 e. The van der Waals surface area contributed by atoms with Crippen molar-refractivity contribution in [3.63, 3.8) is 0 Å². The van der Waals surface area contributed by atoms with Crippen LogP contribution in [0.4, 0.5) is 5.69 Å². The fourth-order valence-corrected chi connectivity index (χ4v) is 2.50. The zero-order valence-corrected chi connectivity index (χ0v) is 13.9. The molecule has 0 fully saturated rings. The average Bonchev–Trinajstić information content (AvgIpc) is 3.18. The minimum Gasteiger partial charge on any atom is -0.467 e. The minimum absolute atomic E-state index is 0.307. The van der Waals surface area contributed by atoms with Gasteiger partial charge in [0.15, 0.2) is 0 Å². The lowest BCUT2D eigenvalue weighted by Crippen LogP contribution is -2.26. The summed E-state index contributed by atoms with van der Waals surface area (Å²) in [6.07, 6.45) is 0.427. The molecule has 1 unspecified atom stereocenters. The van der Waals surface area contributed by atoms with Crippen molar-refractivity contribution in [2.75, 3.05) is 5.32 Å². The lowest BCUT2D eigenvalue weighted by atomic mass is 10.1. The molecule has 0 saturated carbocycles. The van der Waals surface area contributed by atoms with Gasteiger partial charge in [-0.05, 0) is 24.3 Å². The predicted molar refractivity (Wildman–Crippen MR) is 96.3 cm³/mol. The maximum absolute atomic E-state index is 12.6. The first-order valence-corrected chi connectivity index (χ1v) is 8.05. The molecule has 0 aliphatic rings. The second kappa shape index (κ2) is 8.02. The van der Waals surface area contributed by atoms with Crippen molar-refractivity contribution < 1.29 is 18.7 Å². The van der Waals surface area contributed by atoms with Crippen LogP contribution < -0.4 is 11.1 Å². The van der Waals surface area contributed by atoms with Crippen molar-refractivity contribution in [1.29, 1.82) is 0 Å². The number of nitrogens with two attached hydrogens (primary N) is 1. The van der Waals surface area contributed by atoms with Gasteiger partial charge >= 0.3 is 5.97 Å². The van der Waals surface area contributed by atoms with Crippen LogP contribution in [0.15, 0.2) is 77.4 Å². The second-order valence-corrected chi connectivity index (χ2v) is 5.58. The number of hydrogen-bond acceptors (Lipinski definition) is 5. The summed E-state index contributed by atoms with van der Waals surface area (Å²) in [7, 11) is 0. The topological polar surface area (TPSA) is 94.6 Å². The van der Waals surface area contributed by atoms with Gasteiger partial charge in [-0.3, -0.25) is 4.79 Å². The number of para-hydroxylation sites is 1. The molecule has 1 heterocycles. The summed E-state index contributed by atoms with van der Waals surface area (Å²) >= 11 is 0. The molecule has 1 amide bonds. The normalized spacial score (nSPS) is 11.5. The number of hydrogen-bond donors (Lipinski definition) is 2. The quantitative estimate of drug-likeness (QED) is 0.638. The number of benzene rings is 2. The van der Waals surface area contributed by atoms with Gasteiger partial charge in [0, 0.05) is 11.3 Å². The molecule has 6 heteroatoms. The standard InChI is InChI=1S/C20H18N2O4/c21-19(23)18(14-7-2-1-3-8-14)26-20(24)16-10-4-5-11-17(16)22-13-15-9-6-12-25-15/h1-12,18,22H,13H2,(H2,21,23). The molecule has 1 atom stereocenters. The molecule has 3 aromatic rings. The highest BCUT2D eigenvalue weighted by Gasteiger charge is 2.24. The van der Waals surface area contributed by atoms with Crippen LogP contribution >= 0.6 is 0 Å². The van der Waals surface area contributed by atoms with Crippen LogP contribution in [-0.4, -0.2) is 11.9 Å². The lowest BCUT2D eigenvalue weighted by Gasteiger charge is -2.16. The molecule has 26 heavy (non-hydrogen) atoms. The van der Waals surface area contributed by atoms with E-state index in [1.807, 2.05) is 6.07 Å². The maximum Gasteiger partial charge on any atom is 0.341 e. The maximum atomic E-state index is 12.6. The Morgan fingerprint density at radius 2 is 1.73 bits per heavy atom. The number of carbonyl (C=O) groups is 2. The molecule has 3 rings (SSSR count). The van der Waals surface area contributed by atoms with Gasteiger partial charge in [-0.15, -0.1) is 0 Å². The van der Waals surface area contributed by atoms with E-state index in [1.165, 1.54) is 0 Å². The largest absolute Gasteiger partial charge is 0.467 e. The summed E-state index contributed by atoms with van der Waals surface area (Å²) in [4.78, 5) is 24.4. The Morgan fingerprint density at radius 1 is 1.00 bits per heavy atom. The lowest BCUT2D eigenvalue weighted by molar-refractivity contribution is -0.127. The number of carbonyl (C=O) groups excluding carboxylic acids is 2. The fraction of sp³-hybridized carbons (Fsp3) is 0.100. The SMILES string of the molecule is NC(=O)C(OC(=O)c1ccccc1NCc1ccco1)c1ccccc1. The van der Waals surface area contributed by atoms with Gasteiger partial charge in [-0.2, -0.15) is 0 Å². The van der Waals surface area contributed by atoms with E-state index in [4.69, 9.17) is 14.9 Å². The van der Waals surface area contributed by atoms with E-state index < -0.39 is 18.0 Å². The van der Waals surface area contributed by atoms with Crippen LogP contribution in [0.2, 0.25) is 0 Å². The monoisotopic (exact) mass is 350 g/mol. The van der Waals surface area contributed by atoms with Gasteiger partial charge in [-0.25, -0.2) is 4.79 Å². The first kappa shape index (κ1) is 17.3. The minimum atomic E-state index is -1.15. The summed E-state index contributed by atoms with van der Waals surface area (Å²) in [5, 5.41) is 3.13. The number of rotatable bonds is 7. The van der Waals surface area contributed by atoms with Crippen LogP contribution in [0.1, 0.15) is 27.8 Å². The predicted octanol–water partition coefficient (Wildman–Crippen LogP) is 3.28. The zero-order chi connectivity index (χ0) is 18.4. The Balaban J connectivity index is 1.77. The van der Waals surface area contributed by atoms with Crippen LogP contribution in [0.3, 0.4) is 0 Å². The molecule has 6 nitrogen and oxygen atoms in total. The Bertz CT molecular complexity index is 876. The highest BCUT2D eigenvalue weighted by atomic mass is 16.5. The Labute approximate surface area is 150 Å². The average molecular weight is 350 g/mol. The molecule has 0 aliphatic heterocycles. The van der Waals surface area contributed by atoms with E-state index >= 15 is 0 Å². The number of primary amides is 1. The number of furan rings is 1. The third-order valence-electron chi connectivity index (χ3n) is 3.77. The van der Waals surface area contributed by atoms with E-state index in [1.54, 1.807) is 66.9 Å². The highest BCUT2D eigenvalue weighted by Crippen LogP contribution is 2.23. The third kappa shape index (κ3) is 4.10. The highest BCUT2D eigenvalue weighted by molar-refractivity contribution is 5.97. The Kier molecular flexibility index (Phi) is 5.34. The number of anilines is 1. The Hall–Kier alpha value is -3.54. The first-order valence-electron chi connectivity index (χ1n) is 8.05. The first-order chi connectivity index (χ1) is 12.6. The molecule has 0 radical (unpaired) electrons. The molecule has 1 aromatic heterocycles.